The molecule has 1 aliphatic rings. The van der Waals surface area contributed by atoms with Crippen LogP contribution in [0.5, 0.6) is 0 Å². The van der Waals surface area contributed by atoms with E-state index in [0.717, 1.165) is 12.8 Å². The molecule has 0 aliphatic heterocycles. The first kappa shape index (κ1) is 13.5. The van der Waals surface area contributed by atoms with Crippen molar-refractivity contribution < 1.29 is 13.5 Å². The first-order valence-electron chi connectivity index (χ1n) is 6.30. The molecule has 100 valence electrons. The Kier molecular flexibility index (Phi) is 4.04. The van der Waals surface area contributed by atoms with Crippen molar-refractivity contribution in [3.8, 4) is 0 Å². The van der Waals surface area contributed by atoms with E-state index >= 15 is 0 Å². The third kappa shape index (κ3) is 3.31. The second-order valence-electron chi connectivity index (χ2n) is 4.79. The molecule has 1 aliphatic carbocycles. The topological polar surface area (TPSA) is 66.4 Å². The van der Waals surface area contributed by atoms with E-state index < -0.39 is 16.1 Å². The molecule has 1 aromatic rings. The largest absolute Gasteiger partial charge is 0.388 e. The standard InChI is InChI=1S/C13H19NO3S/c1-2-13(15)11-4-3-5-12(8-11)18(16,17)14-9-10-6-7-10/h3-5,8,10,13-15H,2,6-7,9H2,1H3. The monoisotopic (exact) mass is 269 g/mol. The molecule has 0 heterocycles. The zero-order valence-electron chi connectivity index (χ0n) is 10.5. The van der Waals surface area contributed by atoms with Crippen LogP contribution in [0.1, 0.15) is 37.9 Å². The molecule has 0 amide bonds. The van der Waals surface area contributed by atoms with Crippen molar-refractivity contribution in [3.63, 3.8) is 0 Å². The molecule has 0 bridgehead atoms. The van der Waals surface area contributed by atoms with Crippen LogP contribution in [0.25, 0.3) is 0 Å². The van der Waals surface area contributed by atoms with Gasteiger partial charge in [0.25, 0.3) is 0 Å². The van der Waals surface area contributed by atoms with Gasteiger partial charge in [0.2, 0.25) is 10.0 Å². The van der Waals surface area contributed by atoms with Gasteiger partial charge in [-0.25, -0.2) is 13.1 Å². The number of aliphatic hydroxyl groups is 1. The molecule has 4 nitrogen and oxygen atoms in total. The van der Waals surface area contributed by atoms with E-state index in [-0.39, 0.29) is 4.90 Å². The second kappa shape index (κ2) is 5.38. The molecular weight excluding hydrogens is 250 g/mol. The van der Waals surface area contributed by atoms with Gasteiger partial charge in [0.15, 0.2) is 0 Å². The van der Waals surface area contributed by atoms with Crippen molar-refractivity contribution in [1.29, 1.82) is 0 Å². The lowest BCUT2D eigenvalue weighted by Gasteiger charge is -2.11. The Bertz CT molecular complexity index is 509. The van der Waals surface area contributed by atoms with Gasteiger partial charge in [-0.1, -0.05) is 19.1 Å². The molecule has 0 spiro atoms. The molecule has 1 atom stereocenters. The number of hydrogen-bond acceptors (Lipinski definition) is 3. The predicted molar refractivity (Wildman–Crippen MR) is 69.6 cm³/mol. The summed E-state index contributed by atoms with van der Waals surface area (Å²) in [6, 6.07) is 6.51. The van der Waals surface area contributed by atoms with Crippen molar-refractivity contribution in [1.82, 2.24) is 4.72 Å². The van der Waals surface area contributed by atoms with Crippen LogP contribution < -0.4 is 4.72 Å². The molecule has 2 rings (SSSR count). The average Bonchev–Trinajstić information content (AvgIpc) is 3.20. The number of aliphatic hydroxyl groups excluding tert-OH is 1. The first-order chi connectivity index (χ1) is 8.53. The van der Waals surface area contributed by atoms with Crippen molar-refractivity contribution >= 4 is 10.0 Å². The molecule has 1 fully saturated rings. The number of benzene rings is 1. The van der Waals surface area contributed by atoms with Crippen LogP contribution in [0.2, 0.25) is 0 Å². The van der Waals surface area contributed by atoms with E-state index in [0.29, 0.717) is 24.4 Å². The summed E-state index contributed by atoms with van der Waals surface area (Å²) >= 11 is 0. The SMILES string of the molecule is CCC(O)c1cccc(S(=O)(=O)NCC2CC2)c1. The zero-order chi connectivity index (χ0) is 13.2. The van der Waals surface area contributed by atoms with Crippen LogP contribution in [0.15, 0.2) is 29.2 Å². The molecular formula is C13H19NO3S. The van der Waals surface area contributed by atoms with E-state index in [2.05, 4.69) is 4.72 Å². The maximum atomic E-state index is 12.0. The van der Waals surface area contributed by atoms with Gasteiger partial charge in [0.1, 0.15) is 0 Å². The quantitative estimate of drug-likeness (QED) is 0.828. The molecule has 1 saturated carbocycles. The van der Waals surface area contributed by atoms with E-state index in [9.17, 15) is 13.5 Å². The van der Waals surface area contributed by atoms with Crippen LogP contribution in [-0.4, -0.2) is 20.1 Å². The number of sulfonamides is 1. The highest BCUT2D eigenvalue weighted by Gasteiger charge is 2.24. The van der Waals surface area contributed by atoms with Gasteiger partial charge in [0, 0.05) is 6.54 Å². The highest BCUT2D eigenvalue weighted by molar-refractivity contribution is 7.89. The molecule has 5 heteroatoms. The van der Waals surface area contributed by atoms with Crippen molar-refractivity contribution in [3.05, 3.63) is 29.8 Å². The summed E-state index contributed by atoms with van der Waals surface area (Å²) in [5.74, 6) is 0.504. The van der Waals surface area contributed by atoms with Crippen LogP contribution in [-0.2, 0) is 10.0 Å². The summed E-state index contributed by atoms with van der Waals surface area (Å²) in [6.45, 7) is 2.38. The Morgan fingerprint density at radius 3 is 2.78 bits per heavy atom. The minimum atomic E-state index is -3.44. The molecule has 1 aromatic carbocycles. The Morgan fingerprint density at radius 2 is 2.17 bits per heavy atom. The second-order valence-corrected chi connectivity index (χ2v) is 6.56. The highest BCUT2D eigenvalue weighted by Crippen LogP contribution is 2.28. The van der Waals surface area contributed by atoms with E-state index in [1.165, 1.54) is 0 Å². The first-order valence-corrected chi connectivity index (χ1v) is 7.79. The van der Waals surface area contributed by atoms with Gasteiger partial charge in [-0.2, -0.15) is 0 Å². The Morgan fingerprint density at radius 1 is 1.44 bits per heavy atom. The lowest BCUT2D eigenvalue weighted by molar-refractivity contribution is 0.173. The molecule has 2 N–H and O–H groups in total. The van der Waals surface area contributed by atoms with E-state index in [4.69, 9.17) is 0 Å². The molecule has 1 unspecified atom stereocenters. The normalized spacial score (nSPS) is 17.7. The fourth-order valence-corrected chi connectivity index (χ4v) is 2.93. The lowest BCUT2D eigenvalue weighted by atomic mass is 10.1. The minimum Gasteiger partial charge on any atom is -0.388 e. The lowest BCUT2D eigenvalue weighted by Crippen LogP contribution is -2.26. The summed E-state index contributed by atoms with van der Waals surface area (Å²) in [4.78, 5) is 0.230. The van der Waals surface area contributed by atoms with Gasteiger partial charge in [-0.05, 0) is 42.9 Å². The van der Waals surface area contributed by atoms with Gasteiger partial charge in [-0.3, -0.25) is 0 Å². The van der Waals surface area contributed by atoms with E-state index in [1.54, 1.807) is 24.3 Å². The summed E-state index contributed by atoms with van der Waals surface area (Å²) in [7, 11) is -3.44. The smallest absolute Gasteiger partial charge is 0.240 e. The van der Waals surface area contributed by atoms with Gasteiger partial charge in [-0.15, -0.1) is 0 Å². The predicted octanol–water partition coefficient (Wildman–Crippen LogP) is 1.82. The Labute approximate surface area is 108 Å². The summed E-state index contributed by atoms with van der Waals surface area (Å²) in [5, 5.41) is 9.73. The van der Waals surface area contributed by atoms with Crippen molar-refractivity contribution in [2.45, 2.75) is 37.2 Å². The zero-order valence-corrected chi connectivity index (χ0v) is 11.3. The van der Waals surface area contributed by atoms with Crippen LogP contribution in [0.3, 0.4) is 0 Å². The number of nitrogens with one attached hydrogen (secondary N) is 1. The minimum absolute atomic E-state index is 0.230. The Balaban J connectivity index is 2.15. The summed E-state index contributed by atoms with van der Waals surface area (Å²) in [5.41, 5.74) is 0.645. The van der Waals surface area contributed by atoms with E-state index in [1.807, 2.05) is 6.92 Å². The van der Waals surface area contributed by atoms with Gasteiger partial charge in [0.05, 0.1) is 11.0 Å². The number of rotatable bonds is 6. The molecule has 18 heavy (non-hydrogen) atoms. The number of hydrogen-bond donors (Lipinski definition) is 2. The highest BCUT2D eigenvalue weighted by atomic mass is 32.2. The van der Waals surface area contributed by atoms with Crippen LogP contribution >= 0.6 is 0 Å². The summed E-state index contributed by atoms with van der Waals surface area (Å²) < 4.78 is 26.7. The maximum absolute atomic E-state index is 12.0. The fourth-order valence-electron chi connectivity index (χ4n) is 1.76. The fraction of sp³-hybridized carbons (Fsp3) is 0.538. The summed E-state index contributed by atoms with van der Waals surface area (Å²) in [6.07, 6.45) is 2.18. The van der Waals surface area contributed by atoms with Crippen molar-refractivity contribution in [2.24, 2.45) is 5.92 Å². The molecule has 0 aromatic heterocycles. The third-order valence-electron chi connectivity index (χ3n) is 3.20. The average molecular weight is 269 g/mol. The molecule has 0 saturated heterocycles. The maximum Gasteiger partial charge on any atom is 0.240 e. The third-order valence-corrected chi connectivity index (χ3v) is 4.62. The molecule has 0 radical (unpaired) electrons. The van der Waals surface area contributed by atoms with Crippen molar-refractivity contribution in [2.75, 3.05) is 6.54 Å². The van der Waals surface area contributed by atoms with Gasteiger partial charge < -0.3 is 5.11 Å². The van der Waals surface area contributed by atoms with Gasteiger partial charge >= 0.3 is 0 Å². The Hall–Kier alpha value is -0.910. The van der Waals surface area contributed by atoms with Crippen LogP contribution in [0.4, 0.5) is 0 Å². The van der Waals surface area contributed by atoms with Crippen LogP contribution in [0, 0.1) is 5.92 Å².